The van der Waals surface area contributed by atoms with Crippen LogP contribution in [-0.4, -0.2) is 127 Å². The highest BCUT2D eigenvalue weighted by Crippen LogP contribution is 2.41. The third kappa shape index (κ3) is 11.7. The molecule has 0 amide bonds. The van der Waals surface area contributed by atoms with Crippen molar-refractivity contribution < 1.29 is 33.2 Å². The third-order valence-electron chi connectivity index (χ3n) is 10.5. The molecule has 1 saturated carbocycles. The van der Waals surface area contributed by atoms with Crippen molar-refractivity contribution in [2.24, 2.45) is 0 Å². The molecule has 16 heteroatoms. The second kappa shape index (κ2) is 20.0. The summed E-state index contributed by atoms with van der Waals surface area (Å²) in [7, 11) is 2.75. The number of hydrogen-bond acceptors (Lipinski definition) is 11. The number of esters is 1. The van der Waals surface area contributed by atoms with Crippen LogP contribution in [0, 0.1) is 0 Å². The minimum Gasteiger partial charge on any atom is -0.461 e. The van der Waals surface area contributed by atoms with Gasteiger partial charge >= 0.3 is 5.97 Å². The topological polar surface area (TPSA) is 124 Å². The first-order valence-electron chi connectivity index (χ1n) is 20.2. The number of methoxy groups -OCH3 is 2. The molecule has 2 aliphatic carbocycles. The van der Waals surface area contributed by atoms with Gasteiger partial charge in [0.05, 0.1) is 37.9 Å². The highest BCUT2D eigenvalue weighted by Gasteiger charge is 2.45. The molecule has 0 N–H and O–H groups in total. The zero-order valence-corrected chi connectivity index (χ0v) is 37.4. The van der Waals surface area contributed by atoms with Crippen molar-refractivity contribution in [2.75, 3.05) is 72.2 Å². The van der Waals surface area contributed by atoms with Crippen molar-refractivity contribution in [3.63, 3.8) is 0 Å². The number of allylic oxidation sites excluding steroid dienone is 4. The zero-order valence-electron chi connectivity index (χ0n) is 35.4. The van der Waals surface area contributed by atoms with Crippen LogP contribution in [0.3, 0.4) is 0 Å². The van der Waals surface area contributed by atoms with Gasteiger partial charge in [-0.05, 0) is 62.2 Å². The molecule has 2 aliphatic rings. The summed E-state index contributed by atoms with van der Waals surface area (Å²) >= 11 is 0. The van der Waals surface area contributed by atoms with E-state index in [9.17, 15) is 4.79 Å². The van der Waals surface area contributed by atoms with Crippen molar-refractivity contribution >= 4 is 52.6 Å². The maximum atomic E-state index is 13.6. The Kier molecular flexibility index (Phi) is 15.7. The van der Waals surface area contributed by atoms with Gasteiger partial charge in [0.25, 0.3) is 0 Å². The maximum absolute atomic E-state index is 13.6. The molecule has 308 valence electrons. The minimum absolute atomic E-state index is 0.0650. The van der Waals surface area contributed by atoms with Gasteiger partial charge in [-0.1, -0.05) is 51.4 Å². The van der Waals surface area contributed by atoms with E-state index in [1.165, 1.54) is 0 Å². The number of carbonyl (C=O) groups is 1. The van der Waals surface area contributed by atoms with Crippen molar-refractivity contribution in [1.82, 2.24) is 24.4 Å². The second-order valence-electron chi connectivity index (χ2n) is 17.5. The molecule has 3 aromatic rings. The van der Waals surface area contributed by atoms with E-state index in [0.29, 0.717) is 72.2 Å². The lowest BCUT2D eigenvalue weighted by molar-refractivity contribution is -0.180. The van der Waals surface area contributed by atoms with Crippen molar-refractivity contribution in [3.05, 3.63) is 42.5 Å². The van der Waals surface area contributed by atoms with Crippen LogP contribution in [0.1, 0.15) is 50.1 Å². The van der Waals surface area contributed by atoms with Crippen molar-refractivity contribution in [2.45, 2.75) is 101 Å². The molecule has 13 nitrogen and oxygen atoms in total. The molecular weight excluding hydrogens is 743 g/mol. The van der Waals surface area contributed by atoms with E-state index in [1.807, 2.05) is 21.6 Å². The molecule has 0 aliphatic heterocycles. The smallest absolute Gasteiger partial charge is 0.338 e. The fraction of sp³-hybridized carbons (Fsp3) is 0.650. The van der Waals surface area contributed by atoms with Gasteiger partial charge in [0.15, 0.2) is 11.2 Å². The summed E-state index contributed by atoms with van der Waals surface area (Å²) in [5, 5.41) is 9.72. The molecule has 0 bridgehead atoms. The van der Waals surface area contributed by atoms with Gasteiger partial charge in [-0.3, -0.25) is 0 Å². The van der Waals surface area contributed by atoms with Crippen LogP contribution in [0.4, 0.5) is 5.82 Å². The SMILES string of the molecule is Bc1c(C2CCC(OCCOC)(C(=O)OCCOC)CC2)nc2c(-c3cnn(C4=CCCC=C4)c3)cnn2c1N(COCC[Si](C)(C)C)COCC[Si](C)(C)C. The fourth-order valence-corrected chi connectivity index (χ4v) is 8.63. The van der Waals surface area contributed by atoms with E-state index in [2.05, 4.69) is 76.5 Å². The van der Waals surface area contributed by atoms with E-state index in [4.69, 9.17) is 43.6 Å². The van der Waals surface area contributed by atoms with Crippen LogP contribution in [-0.2, 0) is 33.2 Å². The standard InChI is InChI=1S/C40H65BN6O7Si2/c1-49-18-20-53-39(48)40(54-21-19-50-2)16-14-31(15-17-40)36-35(41)38(45(29-51-22-24-55(3,4)5)30-52-23-25-56(6,7)8)47-37(44-36)34(27-43-47)32-26-42-46(28-32)33-12-10-9-11-13-33/h10,12-13,26-28,31H,9,11,14-25,29-30,41H2,1-8H3. The first-order chi connectivity index (χ1) is 26.7. The molecular formula is C40H65BN6O7Si2. The highest BCUT2D eigenvalue weighted by molar-refractivity contribution is 6.76. The maximum Gasteiger partial charge on any atom is 0.338 e. The summed E-state index contributed by atoms with van der Waals surface area (Å²) in [5.41, 5.74) is 4.58. The van der Waals surface area contributed by atoms with Gasteiger partial charge in [-0.15, -0.1) is 0 Å². The molecule has 0 atom stereocenters. The van der Waals surface area contributed by atoms with Gasteiger partial charge in [0.2, 0.25) is 0 Å². The van der Waals surface area contributed by atoms with Crippen LogP contribution in [0.2, 0.25) is 51.4 Å². The highest BCUT2D eigenvalue weighted by atomic mass is 28.3. The number of fused-ring (bicyclic) bond motifs is 1. The average molecular weight is 809 g/mol. The number of rotatable bonds is 22. The average Bonchev–Trinajstić information content (AvgIpc) is 3.82. The Labute approximate surface area is 336 Å². The fourth-order valence-electron chi connectivity index (χ4n) is 7.12. The molecule has 3 heterocycles. The van der Waals surface area contributed by atoms with Crippen molar-refractivity contribution in [3.8, 4) is 11.1 Å². The van der Waals surface area contributed by atoms with E-state index >= 15 is 0 Å². The molecule has 0 saturated heterocycles. The molecule has 56 heavy (non-hydrogen) atoms. The number of hydrogen-bond donors (Lipinski definition) is 0. The Morgan fingerprint density at radius 3 is 2.16 bits per heavy atom. The molecule has 0 unspecified atom stereocenters. The number of nitrogens with zero attached hydrogens (tertiary/aromatic N) is 6. The lowest BCUT2D eigenvalue weighted by Crippen LogP contribution is -2.47. The molecule has 1 fully saturated rings. The second-order valence-corrected chi connectivity index (χ2v) is 28.7. The summed E-state index contributed by atoms with van der Waals surface area (Å²) in [4.78, 5) is 21.2. The van der Waals surface area contributed by atoms with Gasteiger partial charge in [-0.25, -0.2) is 14.5 Å². The number of ether oxygens (including phenoxy) is 6. The van der Waals surface area contributed by atoms with Crippen LogP contribution in [0.15, 0.2) is 36.8 Å². The lowest BCUT2D eigenvalue weighted by Gasteiger charge is -2.38. The predicted octanol–water partition coefficient (Wildman–Crippen LogP) is 5.72. The quantitative estimate of drug-likeness (QED) is 0.0536. The van der Waals surface area contributed by atoms with Crippen LogP contribution < -0.4 is 10.4 Å². The molecule has 0 aromatic carbocycles. The van der Waals surface area contributed by atoms with E-state index in [0.717, 1.165) is 64.4 Å². The lowest BCUT2D eigenvalue weighted by atomic mass is 9.74. The summed E-state index contributed by atoms with van der Waals surface area (Å²) in [6.45, 7) is 17.5. The van der Waals surface area contributed by atoms with Crippen LogP contribution in [0.25, 0.3) is 22.5 Å². The Hall–Kier alpha value is -3.12. The molecule has 0 spiro atoms. The van der Waals surface area contributed by atoms with Crippen LogP contribution >= 0.6 is 0 Å². The van der Waals surface area contributed by atoms with Gasteiger partial charge < -0.3 is 33.3 Å². The van der Waals surface area contributed by atoms with E-state index < -0.39 is 21.7 Å². The predicted molar refractivity (Wildman–Crippen MR) is 230 cm³/mol. The minimum atomic E-state index is -1.30. The molecule has 5 rings (SSSR count). The number of aromatic nitrogens is 5. The number of carbonyl (C=O) groups excluding carboxylic acids is 1. The summed E-state index contributed by atoms with van der Waals surface area (Å²) in [6.07, 6.45) is 16.8. The van der Waals surface area contributed by atoms with E-state index in [-0.39, 0.29) is 18.5 Å². The first-order valence-corrected chi connectivity index (χ1v) is 27.7. The summed E-state index contributed by atoms with van der Waals surface area (Å²) in [6, 6.07) is 2.14. The Morgan fingerprint density at radius 2 is 1.55 bits per heavy atom. The largest absolute Gasteiger partial charge is 0.461 e. The van der Waals surface area contributed by atoms with Crippen LogP contribution in [0.5, 0.6) is 0 Å². The van der Waals surface area contributed by atoms with Gasteiger partial charge in [0, 0.05) is 72.5 Å². The number of anilines is 1. The Bertz CT molecular complexity index is 1770. The van der Waals surface area contributed by atoms with Gasteiger partial charge in [-0.2, -0.15) is 14.7 Å². The normalized spacial score (nSPS) is 19.1. The van der Waals surface area contributed by atoms with E-state index in [1.54, 1.807) is 14.2 Å². The summed E-state index contributed by atoms with van der Waals surface area (Å²) in [5.74, 6) is 0.616. The Balaban J connectivity index is 1.54. The first kappa shape index (κ1) is 44.0. The monoisotopic (exact) mass is 808 g/mol. The molecule has 3 aromatic heterocycles. The van der Waals surface area contributed by atoms with Gasteiger partial charge in [0.1, 0.15) is 33.7 Å². The molecule has 0 radical (unpaired) electrons. The van der Waals surface area contributed by atoms with Crippen molar-refractivity contribution in [1.29, 1.82) is 0 Å². The third-order valence-corrected chi connectivity index (χ3v) is 14.0. The summed E-state index contributed by atoms with van der Waals surface area (Å²) < 4.78 is 39.1. The zero-order chi connectivity index (χ0) is 40.3. The Morgan fingerprint density at radius 1 is 0.893 bits per heavy atom.